The van der Waals surface area contributed by atoms with Crippen molar-refractivity contribution in [3.63, 3.8) is 0 Å². The van der Waals surface area contributed by atoms with Crippen molar-refractivity contribution in [2.45, 2.75) is 19.0 Å². The van der Waals surface area contributed by atoms with Gasteiger partial charge in [0.05, 0.1) is 29.6 Å². The van der Waals surface area contributed by atoms with Crippen LogP contribution in [0.25, 0.3) is 6.08 Å². The van der Waals surface area contributed by atoms with Gasteiger partial charge in [0.1, 0.15) is 0 Å². The van der Waals surface area contributed by atoms with E-state index in [0.717, 1.165) is 11.1 Å². The number of Topliss-reactive ketones (excluding diaryl/α,β-unsaturated/α-hetero) is 1. The lowest BCUT2D eigenvalue weighted by Crippen LogP contribution is -2.43. The van der Waals surface area contributed by atoms with Crippen LogP contribution in [0, 0.1) is 11.8 Å². The maximum Gasteiger partial charge on any atom is 0.240 e. The van der Waals surface area contributed by atoms with Gasteiger partial charge in [-0.3, -0.25) is 14.4 Å². The molecule has 0 saturated carbocycles. The molecule has 150 valence electrons. The standard InChI is InChI=1S/C23H18N2O5/c1-12(26)20-18-19(21-15-5-3-2-4-13(15)8-9-24(20)21)23(28)25(22(18)27)14-6-7-16-17(10-14)30-11-29-16/h2-10,18-21H,11H2,1H3. The van der Waals surface area contributed by atoms with Crippen LogP contribution in [-0.2, 0) is 14.4 Å². The predicted octanol–water partition coefficient (Wildman–Crippen LogP) is 2.52. The molecule has 0 N–H and O–H groups in total. The van der Waals surface area contributed by atoms with Gasteiger partial charge in [-0.05, 0) is 36.3 Å². The van der Waals surface area contributed by atoms with Gasteiger partial charge in [-0.2, -0.15) is 0 Å². The zero-order valence-corrected chi connectivity index (χ0v) is 16.1. The average molecular weight is 402 g/mol. The Bertz CT molecular complexity index is 1160. The Balaban J connectivity index is 1.47. The first-order valence-electron chi connectivity index (χ1n) is 9.89. The molecule has 4 heterocycles. The van der Waals surface area contributed by atoms with Crippen molar-refractivity contribution in [1.29, 1.82) is 0 Å². The molecule has 2 aromatic rings. The van der Waals surface area contributed by atoms with E-state index in [1.54, 1.807) is 18.2 Å². The van der Waals surface area contributed by atoms with Crippen LogP contribution in [0.15, 0.2) is 48.7 Å². The molecule has 0 spiro atoms. The molecule has 7 heteroatoms. The largest absolute Gasteiger partial charge is 0.454 e. The van der Waals surface area contributed by atoms with E-state index in [4.69, 9.17) is 9.47 Å². The van der Waals surface area contributed by atoms with Crippen LogP contribution in [0.4, 0.5) is 5.69 Å². The molecule has 2 aromatic carbocycles. The van der Waals surface area contributed by atoms with E-state index < -0.39 is 17.9 Å². The quantitative estimate of drug-likeness (QED) is 0.719. The van der Waals surface area contributed by atoms with Crippen LogP contribution in [0.2, 0.25) is 0 Å². The maximum absolute atomic E-state index is 13.6. The average Bonchev–Trinajstić information content (AvgIpc) is 3.41. The molecule has 30 heavy (non-hydrogen) atoms. The van der Waals surface area contributed by atoms with Crippen molar-refractivity contribution >= 4 is 29.4 Å². The SMILES string of the molecule is CC(=O)C1C2C(=O)N(c3ccc4c(c3)OCO4)C(=O)C2C2c3ccccc3C=CN12. The molecule has 0 radical (unpaired) electrons. The molecule has 4 unspecified atom stereocenters. The van der Waals surface area contributed by atoms with E-state index in [1.165, 1.54) is 11.8 Å². The third kappa shape index (κ3) is 2.12. The van der Waals surface area contributed by atoms with Crippen molar-refractivity contribution in [1.82, 2.24) is 4.90 Å². The first-order valence-corrected chi connectivity index (χ1v) is 9.89. The molecule has 6 rings (SSSR count). The van der Waals surface area contributed by atoms with Crippen LogP contribution < -0.4 is 14.4 Å². The normalized spacial score (nSPS) is 27.9. The molecule has 0 aromatic heterocycles. The summed E-state index contributed by atoms with van der Waals surface area (Å²) >= 11 is 0. The second kappa shape index (κ2) is 5.95. The molecule has 2 saturated heterocycles. The number of ether oxygens (including phenoxy) is 2. The van der Waals surface area contributed by atoms with Crippen LogP contribution in [0.5, 0.6) is 11.5 Å². The third-order valence-corrected chi connectivity index (χ3v) is 6.49. The van der Waals surface area contributed by atoms with Gasteiger partial charge in [-0.15, -0.1) is 0 Å². The first-order chi connectivity index (χ1) is 14.6. The van der Waals surface area contributed by atoms with E-state index in [0.29, 0.717) is 17.2 Å². The number of hydrogen-bond acceptors (Lipinski definition) is 6. The summed E-state index contributed by atoms with van der Waals surface area (Å²) in [5, 5.41) is 0. The van der Waals surface area contributed by atoms with Gasteiger partial charge in [0.25, 0.3) is 0 Å². The molecule has 0 bridgehead atoms. The van der Waals surface area contributed by atoms with Crippen LogP contribution in [-0.4, -0.2) is 35.3 Å². The van der Waals surface area contributed by atoms with Crippen molar-refractivity contribution in [3.05, 3.63) is 59.8 Å². The number of nitrogens with zero attached hydrogens (tertiary/aromatic N) is 2. The number of rotatable bonds is 2. The highest BCUT2D eigenvalue weighted by Crippen LogP contribution is 2.53. The number of benzene rings is 2. The zero-order valence-electron chi connectivity index (χ0n) is 16.1. The Morgan fingerprint density at radius 2 is 1.77 bits per heavy atom. The van der Waals surface area contributed by atoms with Gasteiger partial charge in [-0.25, -0.2) is 4.90 Å². The van der Waals surface area contributed by atoms with Gasteiger partial charge in [0.2, 0.25) is 18.6 Å². The fraction of sp³-hybridized carbons (Fsp3) is 0.261. The Morgan fingerprint density at radius 3 is 2.60 bits per heavy atom. The molecule has 0 aliphatic carbocycles. The molecule has 4 aliphatic heterocycles. The fourth-order valence-electron chi connectivity index (χ4n) is 5.30. The number of hydrogen-bond donors (Lipinski definition) is 0. The minimum atomic E-state index is -0.721. The predicted molar refractivity (Wildman–Crippen MR) is 107 cm³/mol. The summed E-state index contributed by atoms with van der Waals surface area (Å²) in [7, 11) is 0. The van der Waals surface area contributed by atoms with E-state index >= 15 is 0 Å². The number of carbonyl (C=O) groups is 3. The Labute approximate surface area is 172 Å². The van der Waals surface area contributed by atoms with Crippen molar-refractivity contribution in [3.8, 4) is 11.5 Å². The topological polar surface area (TPSA) is 76.1 Å². The van der Waals surface area contributed by atoms with Crippen LogP contribution >= 0.6 is 0 Å². The van der Waals surface area contributed by atoms with E-state index in [-0.39, 0.29) is 30.4 Å². The first kappa shape index (κ1) is 17.3. The summed E-state index contributed by atoms with van der Waals surface area (Å²) in [5.74, 6) is -1.01. The summed E-state index contributed by atoms with van der Waals surface area (Å²) in [6, 6.07) is 11.8. The minimum Gasteiger partial charge on any atom is -0.454 e. The summed E-state index contributed by atoms with van der Waals surface area (Å²) in [6.07, 6.45) is 3.79. The van der Waals surface area contributed by atoms with Gasteiger partial charge >= 0.3 is 0 Å². The smallest absolute Gasteiger partial charge is 0.240 e. The zero-order chi connectivity index (χ0) is 20.6. The highest BCUT2D eigenvalue weighted by atomic mass is 16.7. The molecule has 2 amide bonds. The number of fused-ring (bicyclic) bond motifs is 6. The molecular weight excluding hydrogens is 384 g/mol. The number of amides is 2. The molecular formula is C23H18N2O5. The van der Waals surface area contributed by atoms with Crippen molar-refractivity contribution in [2.75, 3.05) is 11.7 Å². The lowest BCUT2D eigenvalue weighted by atomic mass is 9.84. The number of anilines is 1. The third-order valence-electron chi connectivity index (χ3n) is 6.49. The summed E-state index contributed by atoms with van der Waals surface area (Å²) < 4.78 is 10.7. The maximum atomic E-state index is 13.6. The molecule has 2 fully saturated rings. The lowest BCUT2D eigenvalue weighted by Gasteiger charge is -2.34. The second-order valence-corrected chi connectivity index (χ2v) is 7.99. The van der Waals surface area contributed by atoms with Gasteiger partial charge in [0, 0.05) is 12.3 Å². The number of carbonyl (C=O) groups excluding carboxylic acids is 3. The molecule has 4 aliphatic rings. The second-order valence-electron chi connectivity index (χ2n) is 7.99. The molecule has 4 atom stereocenters. The Kier molecular flexibility index (Phi) is 3.42. The molecule has 7 nitrogen and oxygen atoms in total. The monoisotopic (exact) mass is 402 g/mol. The van der Waals surface area contributed by atoms with Crippen molar-refractivity contribution < 1.29 is 23.9 Å². The van der Waals surface area contributed by atoms with Gasteiger partial charge in [-0.1, -0.05) is 24.3 Å². The van der Waals surface area contributed by atoms with E-state index in [1.807, 2.05) is 41.4 Å². The fourth-order valence-corrected chi connectivity index (χ4v) is 5.30. The lowest BCUT2D eigenvalue weighted by molar-refractivity contribution is -0.129. The van der Waals surface area contributed by atoms with Crippen LogP contribution in [0.1, 0.15) is 24.1 Å². The van der Waals surface area contributed by atoms with E-state index in [2.05, 4.69) is 0 Å². The highest BCUT2D eigenvalue weighted by molar-refractivity contribution is 6.24. The number of imide groups is 1. The number of ketones is 1. The van der Waals surface area contributed by atoms with E-state index in [9.17, 15) is 14.4 Å². The van der Waals surface area contributed by atoms with Crippen LogP contribution in [0.3, 0.4) is 0 Å². The van der Waals surface area contributed by atoms with Gasteiger partial charge in [0.15, 0.2) is 17.3 Å². The summed E-state index contributed by atoms with van der Waals surface area (Å²) in [6.45, 7) is 1.60. The summed E-state index contributed by atoms with van der Waals surface area (Å²) in [5.41, 5.74) is 2.41. The minimum absolute atomic E-state index is 0.110. The summed E-state index contributed by atoms with van der Waals surface area (Å²) in [4.78, 5) is 42.8. The highest BCUT2D eigenvalue weighted by Gasteiger charge is 2.64. The van der Waals surface area contributed by atoms with Crippen molar-refractivity contribution in [2.24, 2.45) is 11.8 Å². The Hall–Kier alpha value is -3.61. The van der Waals surface area contributed by atoms with Gasteiger partial charge < -0.3 is 14.4 Å². The Morgan fingerprint density at radius 1 is 1.00 bits per heavy atom.